The van der Waals surface area contributed by atoms with Crippen LogP contribution in [0.2, 0.25) is 0 Å². The number of hydrogen-bond acceptors (Lipinski definition) is 4. The summed E-state index contributed by atoms with van der Waals surface area (Å²) in [5.74, 6) is 1.16. The molecule has 1 aliphatic heterocycles. The molecule has 0 aromatic carbocycles. The summed E-state index contributed by atoms with van der Waals surface area (Å²) in [7, 11) is 1.74. The molecule has 0 spiro atoms. The van der Waals surface area contributed by atoms with Crippen LogP contribution in [0.1, 0.15) is 32.3 Å². The van der Waals surface area contributed by atoms with E-state index in [1.54, 1.807) is 13.2 Å². The van der Waals surface area contributed by atoms with E-state index in [-0.39, 0.29) is 5.82 Å². The minimum absolute atomic E-state index is 0.273. The summed E-state index contributed by atoms with van der Waals surface area (Å²) in [4.78, 5) is 6.61. The van der Waals surface area contributed by atoms with Crippen LogP contribution in [0.15, 0.2) is 12.3 Å². The predicted octanol–water partition coefficient (Wildman–Crippen LogP) is 2.58. The Bertz CT molecular complexity index is 451. The lowest BCUT2D eigenvalue weighted by molar-refractivity contribution is 0.143. The molecule has 21 heavy (non-hydrogen) atoms. The average molecular weight is 295 g/mol. The first-order valence-corrected chi connectivity index (χ1v) is 7.72. The lowest BCUT2D eigenvalue weighted by Gasteiger charge is -2.34. The molecule has 0 aliphatic carbocycles. The van der Waals surface area contributed by atoms with Crippen molar-refractivity contribution in [1.82, 2.24) is 10.3 Å². The molecule has 1 aromatic rings. The Morgan fingerprint density at radius 2 is 2.33 bits per heavy atom. The maximum atomic E-state index is 13.5. The second-order valence-corrected chi connectivity index (χ2v) is 6.08. The fraction of sp³-hybridized carbons (Fsp3) is 0.688. The van der Waals surface area contributed by atoms with E-state index in [2.05, 4.69) is 29.0 Å². The van der Waals surface area contributed by atoms with Gasteiger partial charge in [0.15, 0.2) is 0 Å². The second-order valence-electron chi connectivity index (χ2n) is 6.08. The van der Waals surface area contributed by atoms with E-state index in [0.717, 1.165) is 37.5 Å². The molecule has 1 unspecified atom stereocenters. The van der Waals surface area contributed by atoms with Crippen LogP contribution in [0.3, 0.4) is 0 Å². The Balaban J connectivity index is 2.13. The van der Waals surface area contributed by atoms with Crippen molar-refractivity contribution in [3.05, 3.63) is 23.6 Å². The van der Waals surface area contributed by atoms with Gasteiger partial charge >= 0.3 is 0 Å². The van der Waals surface area contributed by atoms with Crippen molar-refractivity contribution in [2.45, 2.75) is 39.3 Å². The predicted molar refractivity (Wildman–Crippen MR) is 83.0 cm³/mol. The first-order chi connectivity index (χ1) is 10.1. The van der Waals surface area contributed by atoms with Crippen LogP contribution < -0.4 is 10.2 Å². The topological polar surface area (TPSA) is 37.4 Å². The minimum atomic E-state index is -0.273. The third-order valence-corrected chi connectivity index (χ3v) is 3.83. The average Bonchev–Trinajstić information content (AvgIpc) is 2.46. The van der Waals surface area contributed by atoms with Gasteiger partial charge in [0.05, 0.1) is 12.8 Å². The molecule has 0 saturated carbocycles. The summed E-state index contributed by atoms with van der Waals surface area (Å²) < 4.78 is 18.8. The molecule has 1 atom stereocenters. The van der Waals surface area contributed by atoms with Gasteiger partial charge in [0.1, 0.15) is 11.6 Å². The van der Waals surface area contributed by atoms with E-state index in [9.17, 15) is 4.39 Å². The fourth-order valence-electron chi connectivity index (χ4n) is 2.83. The standard InChI is InChI=1S/C16H26FN3O/c1-12(2)18-8-14-7-15(17)9-19-16(14)20-6-4-5-13(10-20)11-21-3/h7,9,12-13,18H,4-6,8,10-11H2,1-3H3. The number of hydrogen-bond donors (Lipinski definition) is 1. The molecule has 1 fully saturated rings. The first kappa shape index (κ1) is 16.2. The number of anilines is 1. The van der Waals surface area contributed by atoms with E-state index < -0.39 is 0 Å². The summed E-state index contributed by atoms with van der Waals surface area (Å²) in [6.45, 7) is 7.50. The van der Waals surface area contributed by atoms with Gasteiger partial charge in [0, 0.05) is 38.3 Å². The maximum absolute atomic E-state index is 13.5. The van der Waals surface area contributed by atoms with E-state index >= 15 is 0 Å². The number of ether oxygens (including phenoxy) is 1. The molecule has 0 amide bonds. The van der Waals surface area contributed by atoms with E-state index in [0.29, 0.717) is 18.5 Å². The van der Waals surface area contributed by atoms with Gasteiger partial charge in [0.25, 0.3) is 0 Å². The zero-order chi connectivity index (χ0) is 15.2. The highest BCUT2D eigenvalue weighted by atomic mass is 19.1. The number of methoxy groups -OCH3 is 1. The molecule has 2 rings (SSSR count). The molecular formula is C16H26FN3O. The molecule has 118 valence electrons. The Morgan fingerprint density at radius 3 is 3.05 bits per heavy atom. The molecule has 4 nitrogen and oxygen atoms in total. The normalized spacial score (nSPS) is 19.3. The highest BCUT2D eigenvalue weighted by Crippen LogP contribution is 2.25. The molecule has 1 saturated heterocycles. The number of piperidine rings is 1. The number of pyridine rings is 1. The molecule has 0 radical (unpaired) electrons. The Hall–Kier alpha value is -1.20. The molecular weight excluding hydrogens is 269 g/mol. The Labute approximate surface area is 126 Å². The number of halogens is 1. The van der Waals surface area contributed by atoms with Crippen LogP contribution in [0, 0.1) is 11.7 Å². The van der Waals surface area contributed by atoms with Gasteiger partial charge in [-0.2, -0.15) is 0 Å². The second kappa shape index (κ2) is 7.71. The maximum Gasteiger partial charge on any atom is 0.141 e. The van der Waals surface area contributed by atoms with E-state index in [4.69, 9.17) is 4.74 Å². The molecule has 5 heteroatoms. The number of aromatic nitrogens is 1. The Morgan fingerprint density at radius 1 is 1.52 bits per heavy atom. The van der Waals surface area contributed by atoms with Gasteiger partial charge in [-0.3, -0.25) is 0 Å². The monoisotopic (exact) mass is 295 g/mol. The van der Waals surface area contributed by atoms with Crippen LogP contribution >= 0.6 is 0 Å². The van der Waals surface area contributed by atoms with Crippen molar-refractivity contribution >= 4 is 5.82 Å². The summed E-state index contributed by atoms with van der Waals surface area (Å²) >= 11 is 0. The van der Waals surface area contributed by atoms with E-state index in [1.807, 2.05) is 0 Å². The van der Waals surface area contributed by atoms with Crippen molar-refractivity contribution in [2.75, 3.05) is 31.7 Å². The highest BCUT2D eigenvalue weighted by molar-refractivity contribution is 5.47. The Kier molecular flexibility index (Phi) is 5.94. The van der Waals surface area contributed by atoms with Crippen molar-refractivity contribution in [2.24, 2.45) is 5.92 Å². The number of nitrogens with zero attached hydrogens (tertiary/aromatic N) is 2. The van der Waals surface area contributed by atoms with Crippen molar-refractivity contribution in [3.63, 3.8) is 0 Å². The van der Waals surface area contributed by atoms with Crippen LogP contribution in [-0.4, -0.2) is 37.8 Å². The largest absolute Gasteiger partial charge is 0.384 e. The smallest absolute Gasteiger partial charge is 0.141 e. The lowest BCUT2D eigenvalue weighted by atomic mass is 9.98. The molecule has 1 aromatic heterocycles. The fourth-order valence-corrected chi connectivity index (χ4v) is 2.83. The molecule has 1 N–H and O–H groups in total. The number of rotatable bonds is 6. The number of nitrogens with one attached hydrogen (secondary N) is 1. The molecule has 2 heterocycles. The van der Waals surface area contributed by atoms with Gasteiger partial charge < -0.3 is 15.0 Å². The van der Waals surface area contributed by atoms with Crippen molar-refractivity contribution in [3.8, 4) is 0 Å². The summed E-state index contributed by atoms with van der Waals surface area (Å²) in [6, 6.07) is 1.96. The molecule has 0 bridgehead atoms. The summed E-state index contributed by atoms with van der Waals surface area (Å²) in [5.41, 5.74) is 0.932. The quantitative estimate of drug-likeness (QED) is 0.875. The highest BCUT2D eigenvalue weighted by Gasteiger charge is 2.23. The van der Waals surface area contributed by atoms with Crippen molar-refractivity contribution in [1.29, 1.82) is 0 Å². The third-order valence-electron chi connectivity index (χ3n) is 3.83. The first-order valence-electron chi connectivity index (χ1n) is 7.72. The van der Waals surface area contributed by atoms with Gasteiger partial charge in [0.2, 0.25) is 0 Å². The van der Waals surface area contributed by atoms with Gasteiger partial charge in [-0.15, -0.1) is 0 Å². The minimum Gasteiger partial charge on any atom is -0.384 e. The van der Waals surface area contributed by atoms with E-state index in [1.165, 1.54) is 12.6 Å². The van der Waals surface area contributed by atoms with Crippen LogP contribution in [0.5, 0.6) is 0 Å². The summed E-state index contributed by atoms with van der Waals surface area (Å²) in [6.07, 6.45) is 3.63. The van der Waals surface area contributed by atoms with Crippen LogP contribution in [0.25, 0.3) is 0 Å². The summed E-state index contributed by atoms with van der Waals surface area (Å²) in [5, 5.41) is 3.35. The van der Waals surface area contributed by atoms with Gasteiger partial charge in [-0.25, -0.2) is 9.37 Å². The van der Waals surface area contributed by atoms with Crippen molar-refractivity contribution < 1.29 is 9.13 Å². The van der Waals surface area contributed by atoms with Crippen LogP contribution in [-0.2, 0) is 11.3 Å². The zero-order valence-corrected chi connectivity index (χ0v) is 13.2. The van der Waals surface area contributed by atoms with Gasteiger partial charge in [-0.1, -0.05) is 13.8 Å². The SMILES string of the molecule is COCC1CCCN(c2ncc(F)cc2CNC(C)C)C1. The van der Waals surface area contributed by atoms with Gasteiger partial charge in [-0.05, 0) is 24.8 Å². The third kappa shape index (κ3) is 4.64. The van der Waals surface area contributed by atoms with Crippen LogP contribution in [0.4, 0.5) is 10.2 Å². The zero-order valence-electron chi connectivity index (χ0n) is 13.2. The lowest BCUT2D eigenvalue weighted by Crippen LogP contribution is -2.38. The molecule has 1 aliphatic rings.